The lowest BCUT2D eigenvalue weighted by atomic mass is 9.98. The fourth-order valence-corrected chi connectivity index (χ4v) is 2.71. The number of benzene rings is 1. The number of aryl methyl sites for hydroxylation is 1. The summed E-state index contributed by atoms with van der Waals surface area (Å²) in [7, 11) is 0. The maximum absolute atomic E-state index is 14.1. The molecule has 1 aliphatic rings. The highest BCUT2D eigenvalue weighted by molar-refractivity contribution is 6.33. The Labute approximate surface area is 112 Å². The van der Waals surface area contributed by atoms with Crippen molar-refractivity contribution in [1.29, 1.82) is 5.26 Å². The van der Waals surface area contributed by atoms with E-state index in [0.29, 0.717) is 23.8 Å². The first-order valence-corrected chi connectivity index (χ1v) is 6.66. The molecule has 0 spiro atoms. The summed E-state index contributed by atoms with van der Waals surface area (Å²) < 4.78 is 14.1. The molecule has 96 valence electrons. The van der Waals surface area contributed by atoms with E-state index < -0.39 is 0 Å². The molecule has 0 saturated carbocycles. The standard InChI is InChI=1S/C14H16ClFN2/c1-2-10-7-12(15)14(13(16)8-10)18-5-3-11(9-17)4-6-18/h7-8,11H,2-6H2,1H3. The van der Waals surface area contributed by atoms with Gasteiger partial charge in [0.15, 0.2) is 0 Å². The predicted octanol–water partition coefficient (Wildman–Crippen LogP) is 3.78. The van der Waals surface area contributed by atoms with Gasteiger partial charge in [-0.3, -0.25) is 0 Å². The Hall–Kier alpha value is -1.27. The second-order valence-electron chi connectivity index (χ2n) is 4.65. The summed E-state index contributed by atoms with van der Waals surface area (Å²) in [6.45, 7) is 3.36. The van der Waals surface area contributed by atoms with Gasteiger partial charge in [-0.25, -0.2) is 4.39 Å². The summed E-state index contributed by atoms with van der Waals surface area (Å²) in [6.07, 6.45) is 2.33. The van der Waals surface area contributed by atoms with E-state index in [-0.39, 0.29) is 11.7 Å². The molecule has 0 aromatic heterocycles. The zero-order valence-corrected chi connectivity index (χ0v) is 11.2. The molecule has 0 radical (unpaired) electrons. The lowest BCUT2D eigenvalue weighted by Crippen LogP contribution is -2.34. The maximum Gasteiger partial charge on any atom is 0.148 e. The number of nitriles is 1. The lowest BCUT2D eigenvalue weighted by Gasteiger charge is -2.32. The summed E-state index contributed by atoms with van der Waals surface area (Å²) in [5.41, 5.74) is 1.40. The van der Waals surface area contributed by atoms with Crippen LogP contribution in [0.5, 0.6) is 0 Å². The molecule has 2 rings (SSSR count). The number of hydrogen-bond donors (Lipinski definition) is 0. The summed E-state index contributed by atoms with van der Waals surface area (Å²) in [6, 6.07) is 5.65. The van der Waals surface area contributed by atoms with Crippen molar-refractivity contribution in [2.24, 2.45) is 5.92 Å². The smallest absolute Gasteiger partial charge is 0.148 e. The fourth-order valence-electron chi connectivity index (χ4n) is 2.36. The van der Waals surface area contributed by atoms with Gasteiger partial charge in [0.2, 0.25) is 0 Å². The van der Waals surface area contributed by atoms with Gasteiger partial charge in [-0.2, -0.15) is 5.26 Å². The Balaban J connectivity index is 2.22. The van der Waals surface area contributed by atoms with E-state index in [9.17, 15) is 4.39 Å². The van der Waals surface area contributed by atoms with Crippen LogP contribution in [0.1, 0.15) is 25.3 Å². The lowest BCUT2D eigenvalue weighted by molar-refractivity contribution is 0.481. The van der Waals surface area contributed by atoms with Crippen molar-refractivity contribution in [3.05, 3.63) is 28.5 Å². The van der Waals surface area contributed by atoms with Crippen LogP contribution >= 0.6 is 11.6 Å². The third-order valence-corrected chi connectivity index (χ3v) is 3.77. The average molecular weight is 267 g/mol. The molecule has 1 saturated heterocycles. The van der Waals surface area contributed by atoms with Gasteiger partial charge in [0.25, 0.3) is 0 Å². The van der Waals surface area contributed by atoms with E-state index >= 15 is 0 Å². The second kappa shape index (κ2) is 5.58. The van der Waals surface area contributed by atoms with Gasteiger partial charge in [-0.15, -0.1) is 0 Å². The summed E-state index contributed by atoms with van der Waals surface area (Å²) in [4.78, 5) is 1.95. The van der Waals surface area contributed by atoms with Crippen molar-refractivity contribution in [2.45, 2.75) is 26.2 Å². The molecule has 1 heterocycles. The van der Waals surface area contributed by atoms with Crippen molar-refractivity contribution < 1.29 is 4.39 Å². The minimum Gasteiger partial charge on any atom is -0.368 e. The van der Waals surface area contributed by atoms with Crippen LogP contribution in [0.3, 0.4) is 0 Å². The highest BCUT2D eigenvalue weighted by Crippen LogP contribution is 2.33. The molecular weight excluding hydrogens is 251 g/mol. The third kappa shape index (κ3) is 2.59. The Morgan fingerprint density at radius 3 is 2.61 bits per heavy atom. The second-order valence-corrected chi connectivity index (χ2v) is 5.06. The van der Waals surface area contributed by atoms with Crippen molar-refractivity contribution in [3.8, 4) is 6.07 Å². The molecule has 1 aromatic carbocycles. The molecular formula is C14H16ClFN2. The van der Waals surface area contributed by atoms with Crippen LogP contribution in [0.2, 0.25) is 5.02 Å². The Morgan fingerprint density at radius 1 is 1.44 bits per heavy atom. The van der Waals surface area contributed by atoms with E-state index in [1.54, 1.807) is 6.07 Å². The molecule has 1 aromatic rings. The fraction of sp³-hybridized carbons (Fsp3) is 0.500. The van der Waals surface area contributed by atoms with Crippen LogP contribution in [0, 0.1) is 23.1 Å². The molecule has 0 N–H and O–H groups in total. The zero-order chi connectivity index (χ0) is 13.1. The maximum atomic E-state index is 14.1. The van der Waals surface area contributed by atoms with Crippen molar-refractivity contribution in [3.63, 3.8) is 0 Å². The monoisotopic (exact) mass is 266 g/mol. The van der Waals surface area contributed by atoms with Gasteiger partial charge in [0.1, 0.15) is 5.82 Å². The van der Waals surface area contributed by atoms with Gasteiger partial charge in [-0.1, -0.05) is 18.5 Å². The molecule has 0 unspecified atom stereocenters. The van der Waals surface area contributed by atoms with Gasteiger partial charge in [0, 0.05) is 19.0 Å². The third-order valence-electron chi connectivity index (χ3n) is 3.48. The number of nitrogens with zero attached hydrogens (tertiary/aromatic N) is 2. The van der Waals surface area contributed by atoms with Crippen LogP contribution < -0.4 is 4.90 Å². The molecule has 18 heavy (non-hydrogen) atoms. The van der Waals surface area contributed by atoms with E-state index in [0.717, 1.165) is 24.8 Å². The van der Waals surface area contributed by atoms with E-state index in [1.165, 1.54) is 0 Å². The van der Waals surface area contributed by atoms with Gasteiger partial charge in [-0.05, 0) is 37.0 Å². The first-order valence-electron chi connectivity index (χ1n) is 6.28. The molecule has 0 bridgehead atoms. The molecule has 1 aliphatic heterocycles. The van der Waals surface area contributed by atoms with Gasteiger partial charge < -0.3 is 4.90 Å². The first kappa shape index (κ1) is 13.2. The zero-order valence-electron chi connectivity index (χ0n) is 10.4. The average Bonchev–Trinajstić information content (AvgIpc) is 2.38. The summed E-state index contributed by atoms with van der Waals surface area (Å²) in [5, 5.41) is 9.33. The number of piperidine rings is 1. The Morgan fingerprint density at radius 2 is 2.11 bits per heavy atom. The van der Waals surface area contributed by atoms with E-state index in [4.69, 9.17) is 16.9 Å². The molecule has 2 nitrogen and oxygen atoms in total. The molecule has 0 aliphatic carbocycles. The summed E-state index contributed by atoms with van der Waals surface area (Å²) >= 11 is 6.17. The Bertz CT molecular complexity index is 450. The molecule has 1 fully saturated rings. The van der Waals surface area contributed by atoms with Crippen LogP contribution in [0.25, 0.3) is 0 Å². The van der Waals surface area contributed by atoms with Crippen molar-refractivity contribution in [2.75, 3.05) is 18.0 Å². The topological polar surface area (TPSA) is 27.0 Å². The highest BCUT2D eigenvalue weighted by Gasteiger charge is 2.23. The van der Waals surface area contributed by atoms with E-state index in [1.807, 2.05) is 17.9 Å². The minimum atomic E-state index is -0.255. The minimum absolute atomic E-state index is 0.0954. The summed E-state index contributed by atoms with van der Waals surface area (Å²) in [5.74, 6) is -0.159. The van der Waals surface area contributed by atoms with Crippen LogP contribution in [0.15, 0.2) is 12.1 Å². The number of anilines is 1. The quantitative estimate of drug-likeness (QED) is 0.814. The highest BCUT2D eigenvalue weighted by atomic mass is 35.5. The molecule has 0 atom stereocenters. The first-order chi connectivity index (χ1) is 8.65. The molecule has 4 heteroatoms. The normalized spacial score (nSPS) is 16.7. The molecule has 0 amide bonds. The number of hydrogen-bond acceptors (Lipinski definition) is 2. The van der Waals surface area contributed by atoms with Crippen molar-refractivity contribution >= 4 is 17.3 Å². The van der Waals surface area contributed by atoms with Crippen LogP contribution in [-0.4, -0.2) is 13.1 Å². The van der Waals surface area contributed by atoms with E-state index in [2.05, 4.69) is 6.07 Å². The number of rotatable bonds is 2. The van der Waals surface area contributed by atoms with Crippen molar-refractivity contribution in [1.82, 2.24) is 0 Å². The van der Waals surface area contributed by atoms with Gasteiger partial charge in [0.05, 0.1) is 16.8 Å². The van der Waals surface area contributed by atoms with Crippen LogP contribution in [-0.2, 0) is 6.42 Å². The Kier molecular flexibility index (Phi) is 4.08. The largest absolute Gasteiger partial charge is 0.368 e. The SMILES string of the molecule is CCc1cc(F)c(N2CCC(C#N)CC2)c(Cl)c1. The van der Waals surface area contributed by atoms with Gasteiger partial charge >= 0.3 is 0 Å². The predicted molar refractivity (Wildman–Crippen MR) is 71.3 cm³/mol. The number of halogens is 2. The van der Waals surface area contributed by atoms with Crippen LogP contribution in [0.4, 0.5) is 10.1 Å².